The minimum atomic E-state index is -3.75. The van der Waals surface area contributed by atoms with Crippen molar-refractivity contribution in [2.24, 2.45) is 0 Å². The summed E-state index contributed by atoms with van der Waals surface area (Å²) in [4.78, 5) is 3.75. The molecule has 1 aromatic heterocycles. The molecule has 0 aliphatic heterocycles. The highest BCUT2D eigenvalue weighted by atomic mass is 32.2. The number of rotatable bonds is 3. The second-order valence-electron chi connectivity index (χ2n) is 4.08. The fourth-order valence-electron chi connectivity index (χ4n) is 1.70. The van der Waals surface area contributed by atoms with Crippen molar-refractivity contribution in [3.8, 4) is 6.07 Å². The van der Waals surface area contributed by atoms with Crippen molar-refractivity contribution >= 4 is 15.5 Å². The smallest absolute Gasteiger partial charge is 0.201 e. The Kier molecular flexibility index (Phi) is 3.68. The maximum Gasteiger partial charge on any atom is 0.201 e. The highest BCUT2D eigenvalue weighted by Gasteiger charge is 2.20. The molecule has 7 heteroatoms. The molecule has 0 radical (unpaired) electrons. The first-order valence-electron chi connectivity index (χ1n) is 5.56. The number of nitrogens with two attached hydrogens (primary N) is 1. The van der Waals surface area contributed by atoms with Gasteiger partial charge in [0.15, 0.2) is 5.03 Å². The van der Waals surface area contributed by atoms with Gasteiger partial charge in [0.2, 0.25) is 9.84 Å². The molecule has 0 aliphatic rings. The predicted molar refractivity (Wildman–Crippen MR) is 70.7 cm³/mol. The lowest BCUT2D eigenvalue weighted by molar-refractivity contribution is 0.591. The molecule has 2 aromatic rings. The molecule has 0 aliphatic carbocycles. The third-order valence-corrected chi connectivity index (χ3v) is 4.25. The van der Waals surface area contributed by atoms with E-state index in [1.54, 1.807) is 6.07 Å². The van der Waals surface area contributed by atoms with Gasteiger partial charge >= 0.3 is 0 Å². The standard InChI is InChI=1S/C13H10FN3O2S/c14-11-4-3-9(6-10(11)7-15)8-20(18,19)13-12(16)2-1-5-17-13/h1-6H,8,16H2. The number of benzene rings is 1. The van der Waals surface area contributed by atoms with E-state index in [0.717, 1.165) is 6.07 Å². The summed E-state index contributed by atoms with van der Waals surface area (Å²) >= 11 is 0. The van der Waals surface area contributed by atoms with Crippen LogP contribution in [-0.2, 0) is 15.6 Å². The lowest BCUT2D eigenvalue weighted by Gasteiger charge is -2.06. The van der Waals surface area contributed by atoms with E-state index < -0.39 is 21.4 Å². The van der Waals surface area contributed by atoms with Crippen LogP contribution >= 0.6 is 0 Å². The maximum atomic E-state index is 13.2. The summed E-state index contributed by atoms with van der Waals surface area (Å²) in [5.74, 6) is -1.09. The Morgan fingerprint density at radius 3 is 2.75 bits per heavy atom. The number of pyridine rings is 1. The van der Waals surface area contributed by atoms with Crippen molar-refractivity contribution in [1.29, 1.82) is 5.26 Å². The van der Waals surface area contributed by atoms with Gasteiger partial charge < -0.3 is 5.73 Å². The van der Waals surface area contributed by atoms with Crippen LogP contribution in [0.2, 0.25) is 0 Å². The van der Waals surface area contributed by atoms with Crippen molar-refractivity contribution in [3.63, 3.8) is 0 Å². The van der Waals surface area contributed by atoms with Gasteiger partial charge in [-0.25, -0.2) is 17.8 Å². The quantitative estimate of drug-likeness (QED) is 0.927. The fourth-order valence-corrected chi connectivity index (χ4v) is 3.10. The molecular formula is C13H10FN3O2S. The number of nitrogen functional groups attached to an aromatic ring is 1. The summed E-state index contributed by atoms with van der Waals surface area (Å²) in [7, 11) is -3.75. The minimum Gasteiger partial charge on any atom is -0.396 e. The molecule has 0 amide bonds. The monoisotopic (exact) mass is 291 g/mol. The Labute approximate surface area is 115 Å². The summed E-state index contributed by atoms with van der Waals surface area (Å²) in [6.45, 7) is 0. The topological polar surface area (TPSA) is 96.8 Å². The zero-order valence-electron chi connectivity index (χ0n) is 10.2. The number of aromatic nitrogens is 1. The lowest BCUT2D eigenvalue weighted by Crippen LogP contribution is -2.10. The minimum absolute atomic E-state index is 0.0510. The van der Waals surface area contributed by atoms with Crippen LogP contribution in [0.15, 0.2) is 41.6 Å². The molecule has 5 nitrogen and oxygen atoms in total. The van der Waals surface area contributed by atoms with E-state index in [9.17, 15) is 12.8 Å². The van der Waals surface area contributed by atoms with Crippen LogP contribution in [0, 0.1) is 17.1 Å². The molecular weight excluding hydrogens is 281 g/mol. The second kappa shape index (κ2) is 5.27. The summed E-state index contributed by atoms with van der Waals surface area (Å²) in [5.41, 5.74) is 5.73. The van der Waals surface area contributed by atoms with Crippen LogP contribution in [-0.4, -0.2) is 13.4 Å². The van der Waals surface area contributed by atoms with E-state index in [4.69, 9.17) is 11.0 Å². The lowest BCUT2D eigenvalue weighted by atomic mass is 10.1. The number of anilines is 1. The van der Waals surface area contributed by atoms with Gasteiger partial charge in [0, 0.05) is 6.20 Å². The summed E-state index contributed by atoms with van der Waals surface area (Å²) < 4.78 is 37.6. The Morgan fingerprint density at radius 2 is 2.10 bits per heavy atom. The number of hydrogen-bond donors (Lipinski definition) is 1. The van der Waals surface area contributed by atoms with E-state index >= 15 is 0 Å². The molecule has 102 valence electrons. The van der Waals surface area contributed by atoms with Crippen molar-refractivity contribution in [2.75, 3.05) is 5.73 Å². The van der Waals surface area contributed by atoms with Crippen LogP contribution < -0.4 is 5.73 Å². The van der Waals surface area contributed by atoms with Crippen molar-refractivity contribution in [2.45, 2.75) is 10.8 Å². The molecule has 0 atom stereocenters. The van der Waals surface area contributed by atoms with Crippen LogP contribution in [0.4, 0.5) is 10.1 Å². The van der Waals surface area contributed by atoms with Crippen molar-refractivity contribution < 1.29 is 12.8 Å². The van der Waals surface area contributed by atoms with Gasteiger partial charge in [-0.1, -0.05) is 6.07 Å². The van der Waals surface area contributed by atoms with Crippen LogP contribution in [0.5, 0.6) is 0 Å². The first-order chi connectivity index (χ1) is 9.44. The average molecular weight is 291 g/mol. The molecule has 0 saturated heterocycles. The average Bonchev–Trinajstić information content (AvgIpc) is 2.41. The molecule has 1 heterocycles. The van der Waals surface area contributed by atoms with Gasteiger partial charge in [-0.3, -0.25) is 0 Å². The SMILES string of the molecule is N#Cc1cc(CS(=O)(=O)c2ncccc2N)ccc1F. The molecule has 2 rings (SSSR count). The largest absolute Gasteiger partial charge is 0.396 e. The summed E-state index contributed by atoms with van der Waals surface area (Å²) in [5, 5.41) is 8.51. The zero-order chi connectivity index (χ0) is 14.8. The number of halogens is 1. The Bertz CT molecular complexity index is 798. The molecule has 1 aromatic carbocycles. The molecule has 20 heavy (non-hydrogen) atoms. The van der Waals surface area contributed by atoms with E-state index in [1.807, 2.05) is 0 Å². The Morgan fingerprint density at radius 1 is 1.35 bits per heavy atom. The van der Waals surface area contributed by atoms with Gasteiger partial charge in [0.25, 0.3) is 0 Å². The molecule has 2 N–H and O–H groups in total. The third kappa shape index (κ3) is 2.75. The highest BCUT2D eigenvalue weighted by Crippen LogP contribution is 2.20. The van der Waals surface area contributed by atoms with Gasteiger partial charge in [-0.05, 0) is 29.8 Å². The van der Waals surface area contributed by atoms with Gasteiger partial charge in [-0.15, -0.1) is 0 Å². The van der Waals surface area contributed by atoms with E-state index in [1.165, 1.54) is 30.5 Å². The van der Waals surface area contributed by atoms with Crippen molar-refractivity contribution in [3.05, 3.63) is 53.5 Å². The molecule has 0 spiro atoms. The predicted octanol–water partition coefficient (Wildman–Crippen LogP) is 1.65. The van der Waals surface area contributed by atoms with Crippen LogP contribution in [0.1, 0.15) is 11.1 Å². The first kappa shape index (κ1) is 14.0. The highest BCUT2D eigenvalue weighted by molar-refractivity contribution is 7.90. The van der Waals surface area contributed by atoms with Gasteiger partial charge in [-0.2, -0.15) is 5.26 Å². The molecule has 0 bridgehead atoms. The maximum absolute atomic E-state index is 13.2. The third-order valence-electron chi connectivity index (χ3n) is 2.60. The van der Waals surface area contributed by atoms with E-state index in [2.05, 4.69) is 4.98 Å². The number of nitriles is 1. The summed E-state index contributed by atoms with van der Waals surface area (Å²) in [6.07, 6.45) is 1.33. The Hall–Kier alpha value is -2.46. The number of sulfone groups is 1. The van der Waals surface area contributed by atoms with E-state index in [-0.39, 0.29) is 16.3 Å². The van der Waals surface area contributed by atoms with Gasteiger partial charge in [0.05, 0.1) is 17.0 Å². The van der Waals surface area contributed by atoms with Crippen LogP contribution in [0.25, 0.3) is 0 Å². The first-order valence-corrected chi connectivity index (χ1v) is 7.21. The van der Waals surface area contributed by atoms with Crippen molar-refractivity contribution in [1.82, 2.24) is 4.98 Å². The van der Waals surface area contributed by atoms with E-state index in [0.29, 0.717) is 5.56 Å². The number of hydrogen-bond acceptors (Lipinski definition) is 5. The molecule has 0 saturated carbocycles. The fraction of sp³-hybridized carbons (Fsp3) is 0.0769. The normalized spacial score (nSPS) is 11.0. The molecule has 0 unspecified atom stereocenters. The summed E-state index contributed by atoms with van der Waals surface area (Å²) in [6, 6.07) is 8.20. The second-order valence-corrected chi connectivity index (χ2v) is 5.99. The van der Waals surface area contributed by atoms with Gasteiger partial charge in [0.1, 0.15) is 11.9 Å². The van der Waals surface area contributed by atoms with Crippen LogP contribution in [0.3, 0.4) is 0 Å². The zero-order valence-corrected chi connectivity index (χ0v) is 11.1. The molecule has 0 fully saturated rings. The number of nitrogens with zero attached hydrogens (tertiary/aromatic N) is 2. The Balaban J connectivity index is 2.39.